The largest absolute Gasteiger partial charge is 0.369 e. The van der Waals surface area contributed by atoms with Gasteiger partial charge >= 0.3 is 0 Å². The number of hydrogen-bond donors (Lipinski definition) is 1. The van der Waals surface area contributed by atoms with E-state index in [0.717, 1.165) is 6.42 Å². The van der Waals surface area contributed by atoms with Crippen LogP contribution in [0.4, 0.5) is 0 Å². The Bertz CT molecular complexity index is 257. The van der Waals surface area contributed by atoms with E-state index in [1.54, 1.807) is 0 Å². The summed E-state index contributed by atoms with van der Waals surface area (Å²) in [6.45, 7) is 4.38. The van der Waals surface area contributed by atoms with E-state index in [1.165, 1.54) is 0 Å². The summed E-state index contributed by atoms with van der Waals surface area (Å²) in [5.41, 5.74) is 5.44. The zero-order valence-corrected chi connectivity index (χ0v) is 8.23. The summed E-state index contributed by atoms with van der Waals surface area (Å²) in [7, 11) is 0. The van der Waals surface area contributed by atoms with E-state index in [4.69, 9.17) is 5.73 Å². The van der Waals surface area contributed by atoms with Crippen molar-refractivity contribution in [2.75, 3.05) is 0 Å². The number of carbonyl (C=O) groups is 1. The summed E-state index contributed by atoms with van der Waals surface area (Å²) in [5, 5.41) is 0. The van der Waals surface area contributed by atoms with E-state index in [0.29, 0.717) is 23.7 Å². The van der Waals surface area contributed by atoms with Crippen LogP contribution in [0.2, 0.25) is 0 Å². The Hall–Kier alpha value is -0.790. The lowest BCUT2D eigenvalue weighted by molar-refractivity contribution is -0.124. The Morgan fingerprint density at radius 2 is 2.00 bits per heavy atom. The third kappa shape index (κ3) is 1.19. The summed E-state index contributed by atoms with van der Waals surface area (Å²) in [6, 6.07) is 0. The summed E-state index contributed by atoms with van der Waals surface area (Å²) in [4.78, 5) is 11.3. The van der Waals surface area contributed by atoms with Crippen LogP contribution >= 0.6 is 0 Å². The number of hydrogen-bond acceptors (Lipinski definition) is 1. The number of rotatable bonds is 2. The van der Waals surface area contributed by atoms with Crippen LogP contribution in [0, 0.1) is 29.6 Å². The van der Waals surface area contributed by atoms with Gasteiger partial charge in [0.2, 0.25) is 5.91 Å². The highest BCUT2D eigenvalue weighted by atomic mass is 16.1. The SMILES string of the molecule is CC(C)C1C2C=CC(C2)C1C(N)=O. The second kappa shape index (κ2) is 2.86. The zero-order chi connectivity index (χ0) is 9.59. The molecule has 0 aromatic carbocycles. The molecule has 2 heteroatoms. The molecule has 0 radical (unpaired) electrons. The highest BCUT2D eigenvalue weighted by molar-refractivity contribution is 5.78. The van der Waals surface area contributed by atoms with Gasteiger partial charge in [-0.05, 0) is 30.1 Å². The van der Waals surface area contributed by atoms with Gasteiger partial charge in [-0.1, -0.05) is 26.0 Å². The summed E-state index contributed by atoms with van der Waals surface area (Å²) < 4.78 is 0. The van der Waals surface area contributed by atoms with Crippen LogP contribution in [-0.4, -0.2) is 5.91 Å². The molecule has 2 aliphatic carbocycles. The average Bonchev–Trinajstić information content (AvgIpc) is 2.60. The molecule has 1 saturated carbocycles. The summed E-state index contributed by atoms with van der Waals surface area (Å²) in [6.07, 6.45) is 5.60. The van der Waals surface area contributed by atoms with Crippen molar-refractivity contribution < 1.29 is 4.79 Å². The first-order chi connectivity index (χ1) is 6.11. The third-order valence-electron chi connectivity index (χ3n) is 3.62. The maximum absolute atomic E-state index is 11.3. The van der Waals surface area contributed by atoms with Crippen LogP contribution in [0.25, 0.3) is 0 Å². The molecule has 1 fully saturated rings. The zero-order valence-electron chi connectivity index (χ0n) is 8.23. The number of allylic oxidation sites excluding steroid dienone is 2. The van der Waals surface area contributed by atoms with Gasteiger partial charge in [0.1, 0.15) is 0 Å². The molecule has 2 aliphatic rings. The molecular weight excluding hydrogens is 162 g/mol. The number of amides is 1. The molecule has 0 aromatic rings. The van der Waals surface area contributed by atoms with Crippen molar-refractivity contribution in [2.45, 2.75) is 20.3 Å². The van der Waals surface area contributed by atoms with E-state index in [-0.39, 0.29) is 11.8 Å². The van der Waals surface area contributed by atoms with Crippen LogP contribution in [0.5, 0.6) is 0 Å². The van der Waals surface area contributed by atoms with E-state index in [2.05, 4.69) is 26.0 Å². The first-order valence-corrected chi connectivity index (χ1v) is 5.09. The van der Waals surface area contributed by atoms with E-state index in [9.17, 15) is 4.79 Å². The Morgan fingerprint density at radius 3 is 2.46 bits per heavy atom. The minimum absolute atomic E-state index is 0.101. The Morgan fingerprint density at radius 1 is 1.38 bits per heavy atom. The molecule has 2 nitrogen and oxygen atoms in total. The molecule has 13 heavy (non-hydrogen) atoms. The molecule has 0 aromatic heterocycles. The van der Waals surface area contributed by atoms with Crippen LogP contribution in [-0.2, 0) is 4.79 Å². The van der Waals surface area contributed by atoms with Gasteiger partial charge in [0, 0.05) is 5.92 Å². The number of nitrogens with two attached hydrogens (primary N) is 1. The summed E-state index contributed by atoms with van der Waals surface area (Å²) >= 11 is 0. The smallest absolute Gasteiger partial charge is 0.221 e. The van der Waals surface area contributed by atoms with Crippen molar-refractivity contribution in [1.29, 1.82) is 0 Å². The Balaban J connectivity index is 2.25. The molecule has 0 saturated heterocycles. The van der Waals surface area contributed by atoms with Crippen molar-refractivity contribution in [3.63, 3.8) is 0 Å². The maximum Gasteiger partial charge on any atom is 0.221 e. The summed E-state index contributed by atoms with van der Waals surface area (Å²) in [5.74, 6) is 2.12. The number of carbonyl (C=O) groups excluding carboxylic acids is 1. The minimum atomic E-state index is -0.101. The normalized spacial score (nSPS) is 41.8. The lowest BCUT2D eigenvalue weighted by Gasteiger charge is -2.28. The van der Waals surface area contributed by atoms with Crippen molar-refractivity contribution in [1.82, 2.24) is 0 Å². The van der Waals surface area contributed by atoms with Gasteiger partial charge in [-0.15, -0.1) is 0 Å². The first-order valence-electron chi connectivity index (χ1n) is 5.09. The monoisotopic (exact) mass is 179 g/mol. The lowest BCUT2D eigenvalue weighted by Crippen LogP contribution is -2.35. The van der Waals surface area contributed by atoms with Gasteiger partial charge in [-0.3, -0.25) is 4.79 Å². The second-order valence-electron chi connectivity index (χ2n) is 4.70. The number of fused-ring (bicyclic) bond motifs is 2. The standard InChI is InChI=1S/C11H17NO/c1-6(2)9-7-3-4-8(5-7)10(9)11(12)13/h3-4,6-10H,5H2,1-2H3,(H2,12,13). The predicted octanol–water partition coefficient (Wildman–Crippen LogP) is 1.57. The molecule has 2 rings (SSSR count). The maximum atomic E-state index is 11.3. The van der Waals surface area contributed by atoms with Gasteiger partial charge < -0.3 is 5.73 Å². The Labute approximate surface area is 79.2 Å². The first kappa shape index (κ1) is 8.79. The molecular formula is C11H17NO. The lowest BCUT2D eigenvalue weighted by atomic mass is 9.76. The van der Waals surface area contributed by atoms with E-state index >= 15 is 0 Å². The minimum Gasteiger partial charge on any atom is -0.369 e. The second-order valence-corrected chi connectivity index (χ2v) is 4.70. The fourth-order valence-electron chi connectivity index (χ4n) is 3.17. The van der Waals surface area contributed by atoms with Gasteiger partial charge in [-0.25, -0.2) is 0 Å². The van der Waals surface area contributed by atoms with Crippen molar-refractivity contribution in [3.8, 4) is 0 Å². The molecule has 1 amide bonds. The molecule has 0 spiro atoms. The van der Waals surface area contributed by atoms with Gasteiger partial charge in [0.15, 0.2) is 0 Å². The predicted molar refractivity (Wildman–Crippen MR) is 51.7 cm³/mol. The fraction of sp³-hybridized carbons (Fsp3) is 0.727. The molecule has 0 aliphatic heterocycles. The Kier molecular flexibility index (Phi) is 1.94. The van der Waals surface area contributed by atoms with Crippen LogP contribution in [0.3, 0.4) is 0 Å². The average molecular weight is 179 g/mol. The molecule has 2 bridgehead atoms. The molecule has 4 atom stereocenters. The van der Waals surface area contributed by atoms with Crippen molar-refractivity contribution >= 4 is 5.91 Å². The molecule has 0 heterocycles. The third-order valence-corrected chi connectivity index (χ3v) is 3.62. The highest BCUT2D eigenvalue weighted by Crippen LogP contribution is 2.50. The molecule has 72 valence electrons. The van der Waals surface area contributed by atoms with Gasteiger partial charge in [-0.2, -0.15) is 0 Å². The van der Waals surface area contributed by atoms with E-state index < -0.39 is 0 Å². The van der Waals surface area contributed by atoms with Crippen molar-refractivity contribution in [2.24, 2.45) is 35.3 Å². The van der Waals surface area contributed by atoms with E-state index in [1.807, 2.05) is 0 Å². The van der Waals surface area contributed by atoms with Gasteiger partial charge in [0.25, 0.3) is 0 Å². The topological polar surface area (TPSA) is 43.1 Å². The molecule has 2 N–H and O–H groups in total. The molecule has 4 unspecified atom stereocenters. The van der Waals surface area contributed by atoms with Crippen LogP contribution in [0.1, 0.15) is 20.3 Å². The number of primary amides is 1. The fourth-order valence-corrected chi connectivity index (χ4v) is 3.17. The highest BCUT2D eigenvalue weighted by Gasteiger charge is 2.48. The van der Waals surface area contributed by atoms with Gasteiger partial charge in [0.05, 0.1) is 0 Å². The van der Waals surface area contributed by atoms with Crippen LogP contribution < -0.4 is 5.73 Å². The van der Waals surface area contributed by atoms with Crippen molar-refractivity contribution in [3.05, 3.63) is 12.2 Å². The quantitative estimate of drug-likeness (QED) is 0.642. The van der Waals surface area contributed by atoms with Crippen LogP contribution in [0.15, 0.2) is 12.2 Å².